The number of carbonyl (C=O) groups is 8. The number of fused-ring (bicyclic) bond motifs is 2. The number of hydrogen-bond donors (Lipinski definition) is 4. The van der Waals surface area contributed by atoms with Gasteiger partial charge in [0.2, 0.25) is 0 Å². The number of carboxylic acid groups (broad SMARTS) is 2. The second-order valence-corrected chi connectivity index (χ2v) is 13.9. The second kappa shape index (κ2) is 18.2. The highest BCUT2D eigenvalue weighted by molar-refractivity contribution is 6.26. The van der Waals surface area contributed by atoms with E-state index in [0.717, 1.165) is 85.4 Å². The molecule has 14 nitrogen and oxygen atoms in total. The Kier molecular flexibility index (Phi) is 13.8. The number of hydrogen-bond acceptors (Lipinski definition) is 8. The van der Waals surface area contributed by atoms with E-state index in [-0.39, 0.29) is 57.6 Å². The summed E-state index contributed by atoms with van der Waals surface area (Å²) < 4.78 is 0. The molecular weight excluding hydrogens is 696 g/mol. The molecule has 54 heavy (non-hydrogen) atoms. The van der Waals surface area contributed by atoms with Crippen LogP contribution < -0.4 is 10.6 Å². The van der Waals surface area contributed by atoms with Gasteiger partial charge in [0.05, 0.1) is 44.5 Å². The van der Waals surface area contributed by atoms with Gasteiger partial charge in [-0.05, 0) is 51.0 Å². The molecule has 0 atom stereocenters. The molecule has 0 fully saturated rings. The largest absolute Gasteiger partial charge is 0.478 e. The molecule has 14 heteroatoms. The summed E-state index contributed by atoms with van der Waals surface area (Å²) in [5, 5.41) is 24.5. The summed E-state index contributed by atoms with van der Waals surface area (Å²) in [6.07, 6.45) is 9.11. The maximum Gasteiger partial charge on any atom is 0.335 e. The second-order valence-electron chi connectivity index (χ2n) is 13.9. The minimum atomic E-state index is -1.31. The van der Waals surface area contributed by atoms with Gasteiger partial charge in [-0.3, -0.25) is 38.6 Å². The van der Waals surface area contributed by atoms with E-state index in [1.54, 1.807) is 13.8 Å². The van der Waals surface area contributed by atoms with E-state index in [2.05, 4.69) is 23.8 Å². The SMILES string of the molecule is C=C(C)CN1C(=O)c2cc(C(=O)O)cc(C(=O)NCCCCCCCCCCCCNC(=O)c3cc(C(=O)O)cc4c3C(=O)N(CC(=C)C)C4=O)c2C1=O. The molecule has 2 aliphatic rings. The molecule has 0 bridgehead atoms. The van der Waals surface area contributed by atoms with Crippen LogP contribution in [0.2, 0.25) is 0 Å². The molecule has 2 aromatic rings. The average Bonchev–Trinajstić information content (AvgIpc) is 3.50. The summed E-state index contributed by atoms with van der Waals surface area (Å²) in [6.45, 7) is 11.4. The first-order chi connectivity index (χ1) is 25.6. The third kappa shape index (κ3) is 9.54. The lowest BCUT2D eigenvalue weighted by atomic mass is 9.98. The molecule has 0 saturated carbocycles. The summed E-state index contributed by atoms with van der Waals surface area (Å²) in [5.74, 6) is -6.47. The number of nitrogens with one attached hydrogen (secondary N) is 2. The third-order valence-corrected chi connectivity index (χ3v) is 9.16. The summed E-state index contributed by atoms with van der Waals surface area (Å²) >= 11 is 0. The monoisotopic (exact) mass is 742 g/mol. The van der Waals surface area contributed by atoms with Crippen molar-refractivity contribution in [3.8, 4) is 0 Å². The van der Waals surface area contributed by atoms with Crippen LogP contribution in [0.5, 0.6) is 0 Å². The Balaban J connectivity index is 1.11. The van der Waals surface area contributed by atoms with Crippen LogP contribution in [-0.2, 0) is 0 Å². The van der Waals surface area contributed by atoms with Crippen LogP contribution in [0.1, 0.15) is 161 Å². The zero-order valence-electron chi connectivity index (χ0n) is 30.7. The van der Waals surface area contributed by atoms with Crippen molar-refractivity contribution in [2.24, 2.45) is 0 Å². The third-order valence-electron chi connectivity index (χ3n) is 9.16. The van der Waals surface area contributed by atoms with Crippen molar-refractivity contribution >= 4 is 47.4 Å². The lowest BCUT2D eigenvalue weighted by Gasteiger charge is -2.13. The fraction of sp³-hybridized carbons (Fsp3) is 0.400. The Morgan fingerprint density at radius 3 is 1.15 bits per heavy atom. The number of aromatic carboxylic acids is 2. The van der Waals surface area contributed by atoms with Crippen molar-refractivity contribution < 1.29 is 48.6 Å². The van der Waals surface area contributed by atoms with Crippen LogP contribution in [0, 0.1) is 0 Å². The van der Waals surface area contributed by atoms with Gasteiger partial charge in [-0.1, -0.05) is 75.7 Å². The molecule has 0 aromatic heterocycles. The fourth-order valence-electron chi connectivity index (χ4n) is 6.52. The smallest absolute Gasteiger partial charge is 0.335 e. The first-order valence-electron chi connectivity index (χ1n) is 18.0. The van der Waals surface area contributed by atoms with Crippen LogP contribution in [0.3, 0.4) is 0 Å². The van der Waals surface area contributed by atoms with E-state index in [1.807, 2.05) is 0 Å². The predicted molar refractivity (Wildman–Crippen MR) is 198 cm³/mol. The van der Waals surface area contributed by atoms with Gasteiger partial charge in [0, 0.05) is 26.2 Å². The molecule has 0 aliphatic carbocycles. The van der Waals surface area contributed by atoms with Crippen LogP contribution in [0.25, 0.3) is 0 Å². The van der Waals surface area contributed by atoms with E-state index >= 15 is 0 Å². The van der Waals surface area contributed by atoms with E-state index in [1.165, 1.54) is 0 Å². The molecule has 2 aliphatic heterocycles. The van der Waals surface area contributed by atoms with Gasteiger partial charge in [-0.15, -0.1) is 0 Å². The summed E-state index contributed by atoms with van der Waals surface area (Å²) in [4.78, 5) is 103. The lowest BCUT2D eigenvalue weighted by molar-refractivity contribution is 0.0651. The van der Waals surface area contributed by atoms with E-state index in [9.17, 15) is 48.6 Å². The number of rotatable bonds is 21. The van der Waals surface area contributed by atoms with Crippen molar-refractivity contribution in [3.63, 3.8) is 0 Å². The maximum absolute atomic E-state index is 13.0. The number of nitrogens with zero attached hydrogens (tertiary/aromatic N) is 2. The number of amides is 6. The highest BCUT2D eigenvalue weighted by Crippen LogP contribution is 2.30. The topological polar surface area (TPSA) is 208 Å². The highest BCUT2D eigenvalue weighted by Gasteiger charge is 2.41. The Hall–Kier alpha value is -5.92. The Bertz CT molecular complexity index is 1790. The molecule has 286 valence electrons. The minimum Gasteiger partial charge on any atom is -0.478 e. The van der Waals surface area contributed by atoms with Crippen molar-refractivity contribution in [1.29, 1.82) is 0 Å². The predicted octanol–water partition coefficient (Wildman–Crippen LogP) is 5.49. The van der Waals surface area contributed by atoms with Gasteiger partial charge in [-0.2, -0.15) is 0 Å². The Morgan fingerprint density at radius 1 is 0.537 bits per heavy atom. The Morgan fingerprint density at radius 2 is 0.852 bits per heavy atom. The number of carbonyl (C=O) groups excluding carboxylic acids is 6. The fourth-order valence-corrected chi connectivity index (χ4v) is 6.52. The maximum atomic E-state index is 13.0. The molecule has 0 spiro atoms. The van der Waals surface area contributed by atoms with E-state index in [4.69, 9.17) is 0 Å². The zero-order valence-corrected chi connectivity index (χ0v) is 30.7. The van der Waals surface area contributed by atoms with E-state index in [0.29, 0.717) is 37.1 Å². The number of imide groups is 2. The van der Waals surface area contributed by atoms with Gasteiger partial charge >= 0.3 is 11.9 Å². The first kappa shape index (κ1) is 40.8. The Labute approximate surface area is 313 Å². The molecule has 2 aromatic carbocycles. The normalized spacial score (nSPS) is 13.2. The van der Waals surface area contributed by atoms with Crippen LogP contribution in [0.15, 0.2) is 48.6 Å². The molecular formula is C40H46N4O10. The van der Waals surface area contributed by atoms with Gasteiger partial charge in [0.1, 0.15) is 0 Å². The minimum absolute atomic E-state index is 0.0297. The van der Waals surface area contributed by atoms with Gasteiger partial charge in [0.25, 0.3) is 35.4 Å². The van der Waals surface area contributed by atoms with Crippen molar-refractivity contribution in [3.05, 3.63) is 93.1 Å². The van der Waals surface area contributed by atoms with Crippen molar-refractivity contribution in [2.75, 3.05) is 26.2 Å². The number of benzene rings is 2. The summed E-state index contributed by atoms with van der Waals surface area (Å²) in [5.41, 5.74) is -0.0484. The quantitative estimate of drug-likeness (QED) is 0.0719. The van der Waals surface area contributed by atoms with Crippen molar-refractivity contribution in [1.82, 2.24) is 20.4 Å². The lowest BCUT2D eigenvalue weighted by Crippen LogP contribution is -2.32. The van der Waals surface area contributed by atoms with E-state index < -0.39 is 47.4 Å². The number of unbranched alkanes of at least 4 members (excludes halogenated alkanes) is 9. The molecule has 6 amide bonds. The summed E-state index contributed by atoms with van der Waals surface area (Å²) in [6, 6.07) is 4.50. The highest BCUT2D eigenvalue weighted by atomic mass is 16.4. The standard InChI is InChI=1S/C40H46N4O10/c1-23(2)21-43-35(47)29-19-25(39(51)52)17-27(31(29)37(43)49)33(45)41-15-13-11-9-7-5-6-8-10-12-14-16-42-34(46)28-18-26(40(53)54)20-30-32(28)38(50)44(36(30)48)22-24(3)4/h17-20H,1,3,5-16,21-22H2,2,4H3,(H,41,45)(H,42,46)(H,51,52)(H,53,54). The summed E-state index contributed by atoms with van der Waals surface area (Å²) in [7, 11) is 0. The van der Waals surface area contributed by atoms with Gasteiger partial charge < -0.3 is 20.8 Å². The number of carboxylic acids is 2. The average molecular weight is 743 g/mol. The van der Waals surface area contributed by atoms with Crippen molar-refractivity contribution in [2.45, 2.75) is 78.1 Å². The van der Waals surface area contributed by atoms with Crippen LogP contribution in [0.4, 0.5) is 0 Å². The van der Waals surface area contributed by atoms with Crippen LogP contribution >= 0.6 is 0 Å². The zero-order chi connectivity index (χ0) is 39.7. The molecule has 4 rings (SSSR count). The molecule has 4 N–H and O–H groups in total. The van der Waals surface area contributed by atoms with Gasteiger partial charge in [-0.25, -0.2) is 9.59 Å². The first-order valence-corrected chi connectivity index (χ1v) is 18.0. The molecule has 2 heterocycles. The molecule has 0 radical (unpaired) electrons. The molecule has 0 unspecified atom stereocenters. The molecule has 0 saturated heterocycles. The van der Waals surface area contributed by atoms with Gasteiger partial charge in [0.15, 0.2) is 0 Å². The van der Waals surface area contributed by atoms with Crippen LogP contribution in [-0.4, -0.2) is 93.6 Å².